The van der Waals surface area contributed by atoms with Gasteiger partial charge in [0.1, 0.15) is 12.4 Å². The molecule has 21 heavy (non-hydrogen) atoms. The van der Waals surface area contributed by atoms with Crippen molar-refractivity contribution in [2.45, 2.75) is 26.1 Å². The summed E-state index contributed by atoms with van der Waals surface area (Å²) in [4.78, 5) is 14.3. The average Bonchev–Trinajstić information content (AvgIpc) is 2.43. The van der Waals surface area contributed by atoms with Gasteiger partial charge in [0.25, 0.3) is 5.91 Å². The van der Waals surface area contributed by atoms with Crippen LogP contribution in [0.15, 0.2) is 18.2 Å². The Morgan fingerprint density at radius 2 is 2.10 bits per heavy atom. The number of hydrogen-bond acceptors (Lipinski definition) is 3. The maximum atomic E-state index is 13.3. The highest BCUT2D eigenvalue weighted by Crippen LogP contribution is 2.17. The molecular weight excluding hydrogens is 273 g/mol. The van der Waals surface area contributed by atoms with Crippen LogP contribution >= 0.6 is 0 Å². The van der Waals surface area contributed by atoms with Gasteiger partial charge in [0, 0.05) is 18.7 Å². The molecule has 1 aliphatic rings. The number of ether oxygens (including phenoxy) is 1. The Kier molecular flexibility index (Phi) is 4.94. The third-order valence-electron chi connectivity index (χ3n) is 3.22. The summed E-state index contributed by atoms with van der Waals surface area (Å²) in [7, 11) is 0. The van der Waals surface area contributed by atoms with Crippen molar-refractivity contribution in [2.24, 2.45) is 0 Å². The molecule has 0 unspecified atom stereocenters. The van der Waals surface area contributed by atoms with E-state index in [9.17, 15) is 9.18 Å². The molecule has 0 saturated carbocycles. The zero-order chi connectivity index (χ0) is 15.4. The molecule has 0 bridgehead atoms. The first-order valence-corrected chi connectivity index (χ1v) is 6.85. The molecule has 0 spiro atoms. The van der Waals surface area contributed by atoms with E-state index >= 15 is 0 Å². The molecule has 2 atom stereocenters. The smallest absolute Gasteiger partial charge is 0.255 e. The van der Waals surface area contributed by atoms with Crippen LogP contribution < -0.4 is 0 Å². The van der Waals surface area contributed by atoms with E-state index in [0.29, 0.717) is 24.2 Å². The summed E-state index contributed by atoms with van der Waals surface area (Å²) >= 11 is 0. The van der Waals surface area contributed by atoms with Crippen LogP contribution in [0.2, 0.25) is 0 Å². The first kappa shape index (κ1) is 15.5. The lowest BCUT2D eigenvalue weighted by Gasteiger charge is -2.35. The maximum absolute atomic E-state index is 13.3. The molecular formula is C16H18FNO3. The van der Waals surface area contributed by atoms with Crippen molar-refractivity contribution in [3.05, 3.63) is 35.1 Å². The number of hydrogen-bond donors (Lipinski definition) is 1. The molecule has 1 amide bonds. The Balaban J connectivity index is 2.30. The molecule has 112 valence electrons. The lowest BCUT2D eigenvalue weighted by Crippen LogP contribution is -2.48. The van der Waals surface area contributed by atoms with Crippen LogP contribution in [-0.4, -0.2) is 47.8 Å². The van der Waals surface area contributed by atoms with E-state index in [4.69, 9.17) is 9.84 Å². The van der Waals surface area contributed by atoms with Crippen LogP contribution in [0.25, 0.3) is 0 Å². The Morgan fingerprint density at radius 3 is 2.71 bits per heavy atom. The van der Waals surface area contributed by atoms with Crippen molar-refractivity contribution in [2.75, 3.05) is 19.7 Å². The number of carbonyl (C=O) groups is 1. The van der Waals surface area contributed by atoms with E-state index < -0.39 is 5.82 Å². The van der Waals surface area contributed by atoms with Gasteiger partial charge in [-0.1, -0.05) is 11.8 Å². The maximum Gasteiger partial charge on any atom is 0.255 e. The second-order valence-corrected chi connectivity index (χ2v) is 5.12. The Bertz CT molecular complexity index is 581. The van der Waals surface area contributed by atoms with E-state index in [2.05, 4.69) is 11.8 Å². The number of nitrogens with zero attached hydrogens (tertiary/aromatic N) is 1. The standard InChI is InChI=1S/C16H18FNO3/c1-11-9-18(10-12(2)21-11)16(20)15-6-5-14(17)8-13(15)4-3-7-19/h5-6,8,11-12,19H,7,9-10H2,1-2H3/t11-,12+. The molecule has 2 rings (SSSR count). The number of rotatable bonds is 1. The van der Waals surface area contributed by atoms with Gasteiger partial charge in [-0.25, -0.2) is 4.39 Å². The second kappa shape index (κ2) is 6.70. The van der Waals surface area contributed by atoms with Gasteiger partial charge in [-0.05, 0) is 32.0 Å². The van der Waals surface area contributed by atoms with E-state index in [1.54, 1.807) is 4.90 Å². The third-order valence-corrected chi connectivity index (χ3v) is 3.22. The Labute approximate surface area is 123 Å². The summed E-state index contributed by atoms with van der Waals surface area (Å²) in [5, 5.41) is 8.77. The van der Waals surface area contributed by atoms with E-state index in [1.165, 1.54) is 18.2 Å². The summed E-state index contributed by atoms with van der Waals surface area (Å²) in [6, 6.07) is 3.89. The van der Waals surface area contributed by atoms with Crippen LogP contribution in [0.4, 0.5) is 4.39 Å². The van der Waals surface area contributed by atoms with Gasteiger partial charge in [-0.3, -0.25) is 4.79 Å². The highest BCUT2D eigenvalue weighted by atomic mass is 19.1. The highest BCUT2D eigenvalue weighted by molar-refractivity contribution is 5.96. The van der Waals surface area contributed by atoms with E-state index in [0.717, 1.165) is 0 Å². The highest BCUT2D eigenvalue weighted by Gasteiger charge is 2.27. The average molecular weight is 291 g/mol. The second-order valence-electron chi connectivity index (χ2n) is 5.12. The normalized spacial score (nSPS) is 21.6. The van der Waals surface area contributed by atoms with Gasteiger partial charge in [0.2, 0.25) is 0 Å². The predicted octanol–water partition coefficient (Wildman–Crippen LogP) is 1.42. The zero-order valence-electron chi connectivity index (χ0n) is 12.1. The van der Waals surface area contributed by atoms with Gasteiger partial charge in [-0.2, -0.15) is 0 Å². The first-order valence-electron chi connectivity index (χ1n) is 6.85. The SMILES string of the molecule is C[C@@H]1CN(C(=O)c2ccc(F)cc2C#CCO)C[C@H](C)O1. The Morgan fingerprint density at radius 1 is 1.43 bits per heavy atom. The fourth-order valence-corrected chi connectivity index (χ4v) is 2.46. The molecule has 4 nitrogen and oxygen atoms in total. The molecule has 1 heterocycles. The van der Waals surface area contributed by atoms with Crippen molar-refractivity contribution in [1.29, 1.82) is 0 Å². The third kappa shape index (κ3) is 3.81. The van der Waals surface area contributed by atoms with Gasteiger partial charge >= 0.3 is 0 Å². The fourth-order valence-electron chi connectivity index (χ4n) is 2.46. The zero-order valence-corrected chi connectivity index (χ0v) is 12.1. The Hall–Kier alpha value is -1.90. The molecule has 1 N–H and O–H groups in total. The summed E-state index contributed by atoms with van der Waals surface area (Å²) in [5.74, 6) is 4.42. The van der Waals surface area contributed by atoms with Gasteiger partial charge < -0.3 is 14.7 Å². The van der Waals surface area contributed by atoms with Gasteiger partial charge in [-0.15, -0.1) is 0 Å². The van der Waals surface area contributed by atoms with Crippen molar-refractivity contribution >= 4 is 5.91 Å². The minimum atomic E-state index is -0.461. The number of aliphatic hydroxyl groups is 1. The summed E-state index contributed by atoms with van der Waals surface area (Å²) < 4.78 is 18.9. The number of halogens is 1. The van der Waals surface area contributed by atoms with Crippen LogP contribution in [0, 0.1) is 17.7 Å². The predicted molar refractivity (Wildman–Crippen MR) is 76.3 cm³/mol. The summed E-state index contributed by atoms with van der Waals surface area (Å²) in [5.41, 5.74) is 0.638. The molecule has 1 saturated heterocycles. The lowest BCUT2D eigenvalue weighted by atomic mass is 10.1. The number of morpholine rings is 1. The quantitative estimate of drug-likeness (QED) is 0.796. The molecule has 1 aliphatic heterocycles. The number of aliphatic hydroxyl groups excluding tert-OH is 1. The molecule has 1 aromatic carbocycles. The monoisotopic (exact) mass is 291 g/mol. The molecule has 0 aromatic heterocycles. The lowest BCUT2D eigenvalue weighted by molar-refractivity contribution is -0.0586. The minimum absolute atomic E-state index is 0.0369. The van der Waals surface area contributed by atoms with Crippen LogP contribution in [0.3, 0.4) is 0 Å². The van der Waals surface area contributed by atoms with Crippen molar-refractivity contribution < 1.29 is 19.0 Å². The summed E-state index contributed by atoms with van der Waals surface area (Å²) in [6.45, 7) is 4.47. The van der Waals surface area contributed by atoms with Gasteiger partial charge in [0.05, 0.1) is 17.8 Å². The minimum Gasteiger partial charge on any atom is -0.384 e. The number of carbonyl (C=O) groups excluding carboxylic acids is 1. The molecule has 0 aliphatic carbocycles. The number of benzene rings is 1. The fraction of sp³-hybridized carbons (Fsp3) is 0.438. The molecule has 5 heteroatoms. The molecule has 0 radical (unpaired) electrons. The van der Waals surface area contributed by atoms with E-state index in [1.807, 2.05) is 13.8 Å². The van der Waals surface area contributed by atoms with Crippen LogP contribution in [0.5, 0.6) is 0 Å². The van der Waals surface area contributed by atoms with Crippen LogP contribution in [-0.2, 0) is 4.74 Å². The molecule has 1 fully saturated rings. The van der Waals surface area contributed by atoms with Crippen molar-refractivity contribution in [3.63, 3.8) is 0 Å². The first-order chi connectivity index (χ1) is 10.0. The molecule has 1 aromatic rings. The van der Waals surface area contributed by atoms with Crippen LogP contribution in [0.1, 0.15) is 29.8 Å². The number of amides is 1. The summed E-state index contributed by atoms with van der Waals surface area (Å²) in [6.07, 6.45) is -0.0738. The van der Waals surface area contributed by atoms with Crippen molar-refractivity contribution in [3.8, 4) is 11.8 Å². The van der Waals surface area contributed by atoms with E-state index in [-0.39, 0.29) is 24.7 Å². The largest absolute Gasteiger partial charge is 0.384 e. The topological polar surface area (TPSA) is 49.8 Å². The van der Waals surface area contributed by atoms with Gasteiger partial charge in [0.15, 0.2) is 0 Å². The van der Waals surface area contributed by atoms with Crippen molar-refractivity contribution in [1.82, 2.24) is 4.90 Å².